The number of nitrogens with zero attached hydrogens (tertiary/aromatic N) is 1. The summed E-state index contributed by atoms with van der Waals surface area (Å²) < 4.78 is 5.45. The van der Waals surface area contributed by atoms with Gasteiger partial charge in [0.1, 0.15) is 6.54 Å². The van der Waals surface area contributed by atoms with Crippen molar-refractivity contribution < 1.29 is 39.2 Å². The lowest BCUT2D eigenvalue weighted by molar-refractivity contribution is -0.873. The summed E-state index contributed by atoms with van der Waals surface area (Å²) in [6.07, 6.45) is -1.41. The molecule has 3 N–H and O–H groups in total. The molecule has 0 aromatic heterocycles. The zero-order chi connectivity index (χ0) is 17.1. The summed E-state index contributed by atoms with van der Waals surface area (Å²) in [6, 6.07) is 1.83. The highest BCUT2D eigenvalue weighted by Crippen LogP contribution is 2.35. The van der Waals surface area contributed by atoms with E-state index < -0.39 is 41.7 Å². The number of rotatable bonds is 6. The van der Waals surface area contributed by atoms with Crippen LogP contribution in [0.2, 0.25) is 0 Å². The van der Waals surface area contributed by atoms with Crippen LogP contribution in [0.25, 0.3) is 0 Å². The highest BCUT2D eigenvalue weighted by Gasteiger charge is 2.24. The van der Waals surface area contributed by atoms with Gasteiger partial charge in [-0.15, -0.1) is 0 Å². The number of hydrogen-bond acceptors (Lipinski definition) is 7. The summed E-state index contributed by atoms with van der Waals surface area (Å²) in [7, 11) is 5.40. The van der Waals surface area contributed by atoms with Crippen molar-refractivity contribution in [2.75, 3.05) is 27.7 Å². The second-order valence-electron chi connectivity index (χ2n) is 5.94. The molecule has 0 fully saturated rings. The van der Waals surface area contributed by atoms with Gasteiger partial charge in [-0.2, -0.15) is 0 Å². The molecule has 1 unspecified atom stereocenters. The van der Waals surface area contributed by atoms with Crippen molar-refractivity contribution in [1.29, 1.82) is 0 Å². The molecular formula is C14H19NO7. The van der Waals surface area contributed by atoms with Crippen LogP contribution in [0, 0.1) is 0 Å². The molecule has 0 saturated heterocycles. The number of benzene rings is 1. The maximum atomic E-state index is 12.0. The van der Waals surface area contributed by atoms with Crippen LogP contribution in [0.3, 0.4) is 0 Å². The Balaban J connectivity index is 2.93. The van der Waals surface area contributed by atoms with Crippen molar-refractivity contribution >= 4 is 11.9 Å². The van der Waals surface area contributed by atoms with Crippen LogP contribution < -0.4 is 5.11 Å². The van der Waals surface area contributed by atoms with Gasteiger partial charge in [0.15, 0.2) is 23.4 Å². The molecule has 8 heteroatoms. The topological polar surface area (TPSA) is 127 Å². The minimum atomic E-state index is -1.36. The summed E-state index contributed by atoms with van der Waals surface area (Å²) in [5.41, 5.74) is -0.211. The number of aromatic hydroxyl groups is 3. The third kappa shape index (κ3) is 5.13. The van der Waals surface area contributed by atoms with E-state index in [0.29, 0.717) is 4.48 Å². The van der Waals surface area contributed by atoms with Gasteiger partial charge in [-0.3, -0.25) is 0 Å². The number of carboxylic acid groups (broad SMARTS) is 1. The number of carbonyl (C=O) groups excluding carboxylic acids is 2. The van der Waals surface area contributed by atoms with Crippen molar-refractivity contribution in [3.05, 3.63) is 17.7 Å². The first-order valence-electron chi connectivity index (χ1n) is 6.46. The third-order valence-electron chi connectivity index (χ3n) is 2.72. The smallest absolute Gasteiger partial charge is 0.338 e. The monoisotopic (exact) mass is 313 g/mol. The van der Waals surface area contributed by atoms with E-state index in [1.807, 2.05) is 0 Å². The highest BCUT2D eigenvalue weighted by atomic mass is 16.5. The van der Waals surface area contributed by atoms with Crippen molar-refractivity contribution in [2.45, 2.75) is 12.5 Å². The van der Waals surface area contributed by atoms with E-state index in [-0.39, 0.29) is 12.1 Å². The van der Waals surface area contributed by atoms with Gasteiger partial charge in [0.05, 0.1) is 26.7 Å². The Morgan fingerprint density at radius 1 is 1.18 bits per heavy atom. The van der Waals surface area contributed by atoms with E-state index in [2.05, 4.69) is 0 Å². The first-order chi connectivity index (χ1) is 9.99. The van der Waals surface area contributed by atoms with Gasteiger partial charge in [-0.1, -0.05) is 0 Å². The third-order valence-corrected chi connectivity index (χ3v) is 2.72. The number of likely N-dealkylation sites (N-methyl/N-ethyl adjacent to an activating group) is 1. The maximum absolute atomic E-state index is 12.0. The quantitative estimate of drug-likeness (QED) is 0.355. The van der Waals surface area contributed by atoms with E-state index >= 15 is 0 Å². The first kappa shape index (κ1) is 17.6. The fraction of sp³-hybridized carbons (Fsp3) is 0.429. The molecular weight excluding hydrogens is 294 g/mol. The normalized spacial score (nSPS) is 12.7. The van der Waals surface area contributed by atoms with Crippen LogP contribution in [0.4, 0.5) is 0 Å². The number of phenols is 3. The number of hydrogen-bond donors (Lipinski definition) is 3. The number of ether oxygens (including phenoxy) is 1. The van der Waals surface area contributed by atoms with Crippen molar-refractivity contribution in [2.24, 2.45) is 0 Å². The van der Waals surface area contributed by atoms with Crippen molar-refractivity contribution in [3.63, 3.8) is 0 Å². The molecule has 0 spiro atoms. The number of esters is 1. The Morgan fingerprint density at radius 3 is 2.09 bits per heavy atom. The first-order valence-corrected chi connectivity index (χ1v) is 6.46. The lowest BCUT2D eigenvalue weighted by Crippen LogP contribution is -2.45. The molecule has 122 valence electrons. The van der Waals surface area contributed by atoms with Gasteiger partial charge >= 0.3 is 5.97 Å². The number of carboxylic acids is 1. The lowest BCUT2D eigenvalue weighted by Gasteiger charge is -2.29. The summed E-state index contributed by atoms with van der Waals surface area (Å²) in [4.78, 5) is 22.7. The molecule has 8 nitrogen and oxygen atoms in total. The molecule has 1 aromatic rings. The molecule has 0 amide bonds. The van der Waals surface area contributed by atoms with Crippen LogP contribution in [0.5, 0.6) is 17.2 Å². The van der Waals surface area contributed by atoms with E-state index in [4.69, 9.17) is 4.74 Å². The molecule has 22 heavy (non-hydrogen) atoms. The lowest BCUT2D eigenvalue weighted by atomic mass is 10.1. The largest absolute Gasteiger partial charge is 0.550 e. The zero-order valence-electron chi connectivity index (χ0n) is 12.6. The van der Waals surface area contributed by atoms with E-state index in [9.17, 15) is 30.0 Å². The standard InChI is InChI=1S/C14H19NO7/c1-15(2,3)7-9(6-12(18)19)22-14(21)8-4-10(16)13(20)11(17)5-8/h4-5,9H,6-7H2,1-3H3,(H3-,16,17,18,19,20,21). The number of carbonyl (C=O) groups is 2. The Kier molecular flexibility index (Phi) is 5.21. The summed E-state index contributed by atoms with van der Waals surface area (Å²) in [6.45, 7) is 0.232. The fourth-order valence-electron chi connectivity index (χ4n) is 1.88. The zero-order valence-corrected chi connectivity index (χ0v) is 12.6. The Hall–Kier alpha value is -2.48. The molecule has 0 heterocycles. The minimum absolute atomic E-state index is 0.211. The minimum Gasteiger partial charge on any atom is -0.550 e. The second-order valence-corrected chi connectivity index (χ2v) is 5.94. The molecule has 0 aliphatic heterocycles. The molecule has 1 atom stereocenters. The van der Waals surface area contributed by atoms with Gasteiger partial charge in [-0.25, -0.2) is 4.79 Å². The number of aliphatic carboxylic acids is 1. The average Bonchev–Trinajstić information content (AvgIpc) is 2.32. The maximum Gasteiger partial charge on any atom is 0.338 e. The number of quaternary nitrogens is 1. The van der Waals surface area contributed by atoms with E-state index in [1.165, 1.54) is 0 Å². The van der Waals surface area contributed by atoms with Crippen LogP contribution >= 0.6 is 0 Å². The van der Waals surface area contributed by atoms with E-state index in [1.54, 1.807) is 21.1 Å². The predicted octanol–water partition coefficient (Wildman–Crippen LogP) is -0.825. The molecule has 0 aliphatic rings. The van der Waals surface area contributed by atoms with Crippen LogP contribution in [-0.2, 0) is 9.53 Å². The number of phenolic OH excluding ortho intramolecular Hbond substituents is 3. The van der Waals surface area contributed by atoms with Crippen LogP contribution in [-0.4, -0.2) is 65.5 Å². The van der Waals surface area contributed by atoms with Gasteiger partial charge in [-0.05, 0) is 12.1 Å². The summed E-state index contributed by atoms with van der Waals surface area (Å²) in [5.74, 6) is -4.41. The van der Waals surface area contributed by atoms with Crippen molar-refractivity contribution in [1.82, 2.24) is 0 Å². The molecule has 0 radical (unpaired) electrons. The van der Waals surface area contributed by atoms with Gasteiger partial charge in [0, 0.05) is 12.4 Å². The van der Waals surface area contributed by atoms with Gasteiger partial charge < -0.3 is 34.4 Å². The van der Waals surface area contributed by atoms with Crippen LogP contribution in [0.15, 0.2) is 12.1 Å². The van der Waals surface area contributed by atoms with Gasteiger partial charge in [0.25, 0.3) is 0 Å². The van der Waals surface area contributed by atoms with Crippen LogP contribution in [0.1, 0.15) is 16.8 Å². The SMILES string of the molecule is C[N+](C)(C)CC(CC(=O)[O-])OC(=O)c1cc(O)c(O)c(O)c1. The average molecular weight is 313 g/mol. The Morgan fingerprint density at radius 2 is 1.68 bits per heavy atom. The van der Waals surface area contributed by atoms with Gasteiger partial charge in [0.2, 0.25) is 0 Å². The predicted molar refractivity (Wildman–Crippen MR) is 73.2 cm³/mol. The molecule has 0 aliphatic carbocycles. The Bertz CT molecular complexity index is 554. The Labute approximate surface area is 127 Å². The second kappa shape index (κ2) is 6.52. The summed E-state index contributed by atoms with van der Waals surface area (Å²) in [5, 5.41) is 38.7. The molecule has 1 aromatic carbocycles. The highest BCUT2D eigenvalue weighted by molar-refractivity contribution is 5.91. The fourth-order valence-corrected chi connectivity index (χ4v) is 1.88. The summed E-state index contributed by atoms with van der Waals surface area (Å²) >= 11 is 0. The molecule has 1 rings (SSSR count). The van der Waals surface area contributed by atoms with E-state index in [0.717, 1.165) is 12.1 Å². The molecule has 0 saturated carbocycles. The molecule has 0 bridgehead atoms. The van der Waals surface area contributed by atoms with Crippen molar-refractivity contribution in [3.8, 4) is 17.2 Å².